The first-order valence-electron chi connectivity index (χ1n) is 5.95. The van der Waals surface area contributed by atoms with E-state index in [-0.39, 0.29) is 11.3 Å². The van der Waals surface area contributed by atoms with Gasteiger partial charge in [-0.15, -0.1) is 11.8 Å². The van der Waals surface area contributed by atoms with Crippen molar-refractivity contribution in [3.8, 4) is 0 Å². The van der Waals surface area contributed by atoms with E-state index in [4.69, 9.17) is 10.8 Å². The summed E-state index contributed by atoms with van der Waals surface area (Å²) in [4.78, 5) is 24.7. The Kier molecular flexibility index (Phi) is 5.27. The molecule has 0 spiro atoms. The zero-order valence-electron chi connectivity index (χ0n) is 10.3. The fraction of sp³-hybridized carbons (Fsp3) is 0.818. The number of nitrogens with zero attached hydrogens (tertiary/aromatic N) is 1. The van der Waals surface area contributed by atoms with E-state index in [0.29, 0.717) is 12.2 Å². The molecule has 1 aliphatic rings. The highest BCUT2D eigenvalue weighted by molar-refractivity contribution is 8.00. The maximum Gasteiger partial charge on any atom is 0.327 e. The summed E-state index contributed by atoms with van der Waals surface area (Å²) in [6.45, 7) is 3.91. The van der Waals surface area contributed by atoms with Crippen LogP contribution >= 0.6 is 11.8 Å². The molecule has 1 amide bonds. The number of carbonyl (C=O) groups is 2. The van der Waals surface area contributed by atoms with Crippen LogP contribution < -0.4 is 5.73 Å². The first-order valence-corrected chi connectivity index (χ1v) is 6.99. The van der Waals surface area contributed by atoms with Crippen molar-refractivity contribution in [3.05, 3.63) is 0 Å². The minimum absolute atomic E-state index is 0.0495. The van der Waals surface area contributed by atoms with Crippen molar-refractivity contribution < 1.29 is 14.7 Å². The molecule has 0 bridgehead atoms. The minimum Gasteiger partial charge on any atom is -0.480 e. The number of amides is 1. The predicted octanol–water partition coefficient (Wildman–Crippen LogP) is 0.879. The van der Waals surface area contributed by atoms with Crippen molar-refractivity contribution in [2.45, 2.75) is 50.6 Å². The normalized spacial score (nSPS) is 25.9. The molecular formula is C11H20N2O3S. The Bertz CT molecular complexity index is 298. The number of nitrogens with two attached hydrogens (primary N) is 1. The van der Waals surface area contributed by atoms with Crippen LogP contribution in [0.1, 0.15) is 33.1 Å². The van der Waals surface area contributed by atoms with Gasteiger partial charge in [0.05, 0.1) is 11.4 Å². The minimum atomic E-state index is -0.939. The van der Waals surface area contributed by atoms with Gasteiger partial charge in [-0.1, -0.05) is 20.3 Å². The highest BCUT2D eigenvalue weighted by atomic mass is 32.2. The monoisotopic (exact) mass is 260 g/mol. The summed E-state index contributed by atoms with van der Waals surface area (Å²) in [6, 6.07) is -1.30. The summed E-state index contributed by atoms with van der Waals surface area (Å²) in [5.41, 5.74) is 5.79. The first kappa shape index (κ1) is 14.3. The third-order valence-corrected chi connectivity index (χ3v) is 4.35. The molecule has 0 radical (unpaired) electrons. The van der Waals surface area contributed by atoms with Crippen LogP contribution in [0.3, 0.4) is 0 Å². The number of hydrogen-bond donors (Lipinski definition) is 2. The molecule has 0 aromatic carbocycles. The summed E-state index contributed by atoms with van der Waals surface area (Å²) in [5, 5.41) is 9.06. The summed E-state index contributed by atoms with van der Waals surface area (Å²) in [5.74, 6) is -0.708. The molecule has 1 aliphatic heterocycles. The van der Waals surface area contributed by atoms with E-state index in [1.54, 1.807) is 0 Å². The number of carboxylic acid groups (broad SMARTS) is 1. The molecule has 3 atom stereocenters. The molecule has 1 saturated heterocycles. The van der Waals surface area contributed by atoms with Crippen molar-refractivity contribution in [2.75, 3.05) is 5.75 Å². The standard InChI is InChI=1S/C11H20N2O3S/c1-3-5-7(12)10(14)13-8(11(15)16)6-17-9(13)4-2/h7-9H,3-6,12H2,1-2H3,(H,15,16)/t7-,8?,9?/m1/s1. The highest BCUT2D eigenvalue weighted by Gasteiger charge is 2.41. The molecule has 0 aliphatic carbocycles. The average molecular weight is 260 g/mol. The quantitative estimate of drug-likeness (QED) is 0.766. The smallest absolute Gasteiger partial charge is 0.327 e. The van der Waals surface area contributed by atoms with Gasteiger partial charge in [-0.25, -0.2) is 4.79 Å². The number of thioether (sulfide) groups is 1. The SMILES string of the molecule is CCC[C@@H](N)C(=O)N1C(CC)SCC1C(=O)O. The largest absolute Gasteiger partial charge is 0.480 e. The molecule has 17 heavy (non-hydrogen) atoms. The zero-order chi connectivity index (χ0) is 13.0. The van der Waals surface area contributed by atoms with Crippen LogP contribution in [-0.4, -0.2) is 45.1 Å². The summed E-state index contributed by atoms with van der Waals surface area (Å²) < 4.78 is 0. The number of rotatable bonds is 5. The van der Waals surface area contributed by atoms with Crippen LogP contribution in [0.5, 0.6) is 0 Å². The second-order valence-corrected chi connectivity index (χ2v) is 5.40. The van der Waals surface area contributed by atoms with E-state index in [1.807, 2.05) is 13.8 Å². The van der Waals surface area contributed by atoms with E-state index in [0.717, 1.165) is 12.8 Å². The van der Waals surface area contributed by atoms with Gasteiger partial charge in [0.1, 0.15) is 6.04 Å². The van der Waals surface area contributed by atoms with Gasteiger partial charge >= 0.3 is 5.97 Å². The Morgan fingerprint density at radius 2 is 2.18 bits per heavy atom. The first-order chi connectivity index (χ1) is 8.02. The van der Waals surface area contributed by atoms with Crippen LogP contribution in [0.25, 0.3) is 0 Å². The third kappa shape index (κ3) is 3.13. The number of carbonyl (C=O) groups excluding carboxylic acids is 1. The molecule has 1 rings (SSSR count). The maximum absolute atomic E-state index is 12.1. The van der Waals surface area contributed by atoms with Crippen molar-refractivity contribution in [1.82, 2.24) is 4.90 Å². The van der Waals surface area contributed by atoms with Gasteiger partial charge in [-0.05, 0) is 12.8 Å². The lowest BCUT2D eigenvalue weighted by Crippen LogP contribution is -2.51. The zero-order valence-corrected chi connectivity index (χ0v) is 11.1. The van der Waals surface area contributed by atoms with E-state index in [1.165, 1.54) is 16.7 Å². The fourth-order valence-electron chi connectivity index (χ4n) is 1.99. The van der Waals surface area contributed by atoms with Crippen LogP contribution in [0.2, 0.25) is 0 Å². The highest BCUT2D eigenvalue weighted by Crippen LogP contribution is 2.31. The molecular weight excluding hydrogens is 240 g/mol. The second kappa shape index (κ2) is 6.26. The lowest BCUT2D eigenvalue weighted by molar-refractivity contribution is -0.149. The predicted molar refractivity (Wildman–Crippen MR) is 67.7 cm³/mol. The molecule has 0 aromatic heterocycles. The van der Waals surface area contributed by atoms with Gasteiger partial charge in [-0.3, -0.25) is 4.79 Å². The van der Waals surface area contributed by atoms with Gasteiger partial charge in [0, 0.05) is 5.75 Å². The Morgan fingerprint density at radius 3 is 2.65 bits per heavy atom. The number of carboxylic acids is 1. The van der Waals surface area contributed by atoms with Crippen molar-refractivity contribution >= 4 is 23.6 Å². The van der Waals surface area contributed by atoms with Crippen molar-refractivity contribution in [1.29, 1.82) is 0 Å². The van der Waals surface area contributed by atoms with Crippen LogP contribution in [0, 0.1) is 0 Å². The van der Waals surface area contributed by atoms with Gasteiger partial charge in [0.15, 0.2) is 0 Å². The van der Waals surface area contributed by atoms with Gasteiger partial charge in [0.2, 0.25) is 5.91 Å². The Balaban J connectivity index is 2.81. The number of hydrogen-bond acceptors (Lipinski definition) is 4. The maximum atomic E-state index is 12.1. The van der Waals surface area contributed by atoms with Crippen LogP contribution in [-0.2, 0) is 9.59 Å². The lowest BCUT2D eigenvalue weighted by atomic mass is 10.1. The molecule has 3 N–H and O–H groups in total. The second-order valence-electron chi connectivity index (χ2n) is 4.19. The molecule has 0 saturated carbocycles. The summed E-state index contributed by atoms with van der Waals surface area (Å²) in [6.07, 6.45) is 2.17. The summed E-state index contributed by atoms with van der Waals surface area (Å²) in [7, 11) is 0. The molecule has 0 aromatic rings. The Morgan fingerprint density at radius 1 is 1.53 bits per heavy atom. The van der Waals surface area contributed by atoms with Gasteiger partial charge < -0.3 is 15.7 Å². The molecule has 98 valence electrons. The van der Waals surface area contributed by atoms with E-state index in [9.17, 15) is 9.59 Å². The van der Waals surface area contributed by atoms with E-state index < -0.39 is 18.1 Å². The number of aliphatic carboxylic acids is 1. The van der Waals surface area contributed by atoms with Crippen molar-refractivity contribution in [2.24, 2.45) is 5.73 Å². The van der Waals surface area contributed by atoms with Crippen molar-refractivity contribution in [3.63, 3.8) is 0 Å². The lowest BCUT2D eigenvalue weighted by Gasteiger charge is -2.29. The molecule has 2 unspecified atom stereocenters. The summed E-state index contributed by atoms with van der Waals surface area (Å²) >= 11 is 1.52. The topological polar surface area (TPSA) is 83.6 Å². The van der Waals surface area contributed by atoms with Gasteiger partial charge in [-0.2, -0.15) is 0 Å². The fourth-order valence-corrected chi connectivity index (χ4v) is 3.34. The Labute approximate surface area is 106 Å². The molecule has 1 heterocycles. The van der Waals surface area contributed by atoms with E-state index >= 15 is 0 Å². The van der Waals surface area contributed by atoms with Crippen LogP contribution in [0.15, 0.2) is 0 Å². The molecule has 6 heteroatoms. The molecule has 5 nitrogen and oxygen atoms in total. The van der Waals surface area contributed by atoms with E-state index in [2.05, 4.69) is 0 Å². The molecule has 1 fully saturated rings. The Hall–Kier alpha value is -0.750. The van der Waals surface area contributed by atoms with Crippen LogP contribution in [0.4, 0.5) is 0 Å². The third-order valence-electron chi connectivity index (χ3n) is 2.90. The average Bonchev–Trinajstić information content (AvgIpc) is 2.71. The van der Waals surface area contributed by atoms with Gasteiger partial charge in [0.25, 0.3) is 0 Å².